The molecule has 0 amide bonds. The molecule has 0 saturated carbocycles. The molecule has 17 heavy (non-hydrogen) atoms. The molecule has 0 aromatic carbocycles. The van der Waals surface area contributed by atoms with Crippen LogP contribution in [0.2, 0.25) is 0 Å². The molecule has 1 aromatic heterocycles. The van der Waals surface area contributed by atoms with Crippen LogP contribution in [-0.2, 0) is 6.54 Å². The topological polar surface area (TPSA) is 57.6 Å². The monoisotopic (exact) mass is 346 g/mol. The highest BCUT2D eigenvalue weighted by atomic mass is 127. The molecule has 0 unspecified atom stereocenters. The van der Waals surface area contributed by atoms with Gasteiger partial charge in [0, 0.05) is 26.3 Å². The second-order valence-corrected chi connectivity index (χ2v) is 4.48. The third-order valence-corrected chi connectivity index (χ3v) is 2.95. The summed E-state index contributed by atoms with van der Waals surface area (Å²) < 4.78 is 0.966. The van der Waals surface area contributed by atoms with Crippen LogP contribution in [0.15, 0.2) is 35.5 Å². The molecule has 0 atom stereocenters. The number of halogens is 1. The van der Waals surface area contributed by atoms with E-state index in [-0.39, 0.29) is 0 Å². The molecule has 6 heteroatoms. The summed E-state index contributed by atoms with van der Waals surface area (Å²) in [6.07, 6.45) is 3.12. The largest absolute Gasteiger partial charge is 0.373 e. The van der Waals surface area contributed by atoms with Gasteiger partial charge in [0.1, 0.15) is 15.7 Å². The van der Waals surface area contributed by atoms with Gasteiger partial charge in [-0.25, -0.2) is 4.98 Å². The highest BCUT2D eigenvalue weighted by molar-refractivity contribution is 14.1. The summed E-state index contributed by atoms with van der Waals surface area (Å²) >= 11 is 2.17. The number of rotatable bonds is 6. The zero-order chi connectivity index (χ0) is 12.7. The SMILES string of the molecule is CCN(Cc1ccc(I)nc1)/C(=C/N=O)NC. The minimum atomic E-state index is 0.697. The molecule has 0 aliphatic rings. The lowest BCUT2D eigenvalue weighted by atomic mass is 10.2. The molecule has 92 valence electrons. The second-order valence-electron chi connectivity index (χ2n) is 3.37. The van der Waals surface area contributed by atoms with Crippen molar-refractivity contribution in [2.75, 3.05) is 13.6 Å². The van der Waals surface area contributed by atoms with E-state index in [1.165, 1.54) is 6.20 Å². The van der Waals surface area contributed by atoms with Gasteiger partial charge in [0.05, 0.1) is 0 Å². The van der Waals surface area contributed by atoms with Crippen molar-refractivity contribution in [2.24, 2.45) is 5.18 Å². The van der Waals surface area contributed by atoms with E-state index >= 15 is 0 Å². The number of pyridine rings is 1. The van der Waals surface area contributed by atoms with Crippen molar-refractivity contribution in [3.05, 3.63) is 44.5 Å². The van der Waals surface area contributed by atoms with Gasteiger partial charge in [0.15, 0.2) is 0 Å². The molecule has 0 saturated heterocycles. The van der Waals surface area contributed by atoms with Crippen LogP contribution in [0.4, 0.5) is 0 Å². The third-order valence-electron chi connectivity index (χ3n) is 2.32. The minimum absolute atomic E-state index is 0.697. The van der Waals surface area contributed by atoms with Gasteiger partial charge in [-0.3, -0.25) is 0 Å². The Morgan fingerprint density at radius 1 is 1.65 bits per heavy atom. The van der Waals surface area contributed by atoms with Crippen LogP contribution in [-0.4, -0.2) is 23.5 Å². The van der Waals surface area contributed by atoms with E-state index in [9.17, 15) is 4.91 Å². The van der Waals surface area contributed by atoms with E-state index in [0.29, 0.717) is 12.4 Å². The Morgan fingerprint density at radius 2 is 2.41 bits per heavy atom. The van der Waals surface area contributed by atoms with Crippen molar-refractivity contribution in [1.82, 2.24) is 15.2 Å². The normalized spacial score (nSPS) is 11.1. The van der Waals surface area contributed by atoms with Gasteiger partial charge in [0.25, 0.3) is 0 Å². The van der Waals surface area contributed by atoms with Gasteiger partial charge in [0.2, 0.25) is 0 Å². The van der Waals surface area contributed by atoms with E-state index in [0.717, 1.165) is 15.8 Å². The van der Waals surface area contributed by atoms with E-state index in [1.54, 1.807) is 7.05 Å². The van der Waals surface area contributed by atoms with Crippen LogP contribution in [0.3, 0.4) is 0 Å². The van der Waals surface area contributed by atoms with E-state index in [4.69, 9.17) is 0 Å². The second kappa shape index (κ2) is 7.21. The van der Waals surface area contributed by atoms with E-state index < -0.39 is 0 Å². The predicted octanol–water partition coefficient (Wildman–Crippen LogP) is 2.29. The van der Waals surface area contributed by atoms with Crippen molar-refractivity contribution in [3.8, 4) is 0 Å². The molecule has 1 aromatic rings. The Balaban J connectivity index is 2.78. The average Bonchev–Trinajstić information content (AvgIpc) is 2.36. The molecule has 0 aliphatic carbocycles. The zero-order valence-corrected chi connectivity index (χ0v) is 12.0. The minimum Gasteiger partial charge on any atom is -0.373 e. The molecule has 0 aliphatic heterocycles. The molecule has 1 heterocycles. The molecule has 1 N–H and O–H groups in total. The van der Waals surface area contributed by atoms with Gasteiger partial charge in [-0.05, 0) is 46.3 Å². The number of hydrogen-bond donors (Lipinski definition) is 1. The number of hydrogen-bond acceptors (Lipinski definition) is 5. The van der Waals surface area contributed by atoms with Crippen molar-refractivity contribution in [2.45, 2.75) is 13.5 Å². The summed E-state index contributed by atoms with van der Waals surface area (Å²) in [6.45, 7) is 3.51. The Morgan fingerprint density at radius 3 is 2.88 bits per heavy atom. The van der Waals surface area contributed by atoms with Crippen molar-refractivity contribution < 1.29 is 0 Å². The lowest BCUT2D eigenvalue weighted by Crippen LogP contribution is -2.29. The third kappa shape index (κ3) is 4.29. The maximum absolute atomic E-state index is 10.3. The van der Waals surface area contributed by atoms with Gasteiger partial charge < -0.3 is 10.2 Å². The number of nitroso groups, excluding NO2 is 1. The van der Waals surface area contributed by atoms with E-state index in [1.807, 2.05) is 30.2 Å². The van der Waals surface area contributed by atoms with E-state index in [2.05, 4.69) is 38.1 Å². The van der Waals surface area contributed by atoms with Crippen molar-refractivity contribution in [3.63, 3.8) is 0 Å². The molecule has 0 bridgehead atoms. The Labute approximate surface area is 114 Å². The lowest BCUT2D eigenvalue weighted by molar-refractivity contribution is 0.333. The van der Waals surface area contributed by atoms with Gasteiger partial charge >= 0.3 is 0 Å². The molecule has 5 nitrogen and oxygen atoms in total. The quantitative estimate of drug-likeness (QED) is 0.488. The van der Waals surface area contributed by atoms with Crippen LogP contribution in [0.1, 0.15) is 12.5 Å². The van der Waals surface area contributed by atoms with Crippen LogP contribution in [0, 0.1) is 8.61 Å². The van der Waals surface area contributed by atoms with Crippen LogP contribution < -0.4 is 5.32 Å². The fraction of sp³-hybridized carbons (Fsp3) is 0.364. The summed E-state index contributed by atoms with van der Waals surface area (Å²) in [5.74, 6) is 0.709. The fourth-order valence-corrected chi connectivity index (χ4v) is 1.76. The fourth-order valence-electron chi connectivity index (χ4n) is 1.44. The smallest absolute Gasteiger partial charge is 0.124 e. The Hall–Kier alpha value is -1.18. The molecule has 0 radical (unpaired) electrons. The first-order chi connectivity index (χ1) is 8.21. The summed E-state index contributed by atoms with van der Waals surface area (Å²) in [5, 5.41) is 5.76. The lowest BCUT2D eigenvalue weighted by Gasteiger charge is -2.24. The standard InChI is InChI=1S/C11H15IN4O/c1-3-16(11(13-2)7-15-17)8-9-4-5-10(12)14-6-9/h4-7,13H,3,8H2,1-2H3/b11-7+. The highest BCUT2D eigenvalue weighted by Crippen LogP contribution is 2.09. The zero-order valence-electron chi connectivity index (χ0n) is 9.85. The first kappa shape index (κ1) is 13.9. The van der Waals surface area contributed by atoms with Crippen LogP contribution in [0.5, 0.6) is 0 Å². The number of aromatic nitrogens is 1. The number of nitrogens with one attached hydrogen (secondary N) is 1. The molecule has 0 fully saturated rings. The molecule has 1 rings (SSSR count). The number of nitrogens with zero attached hydrogens (tertiary/aromatic N) is 3. The maximum Gasteiger partial charge on any atom is 0.124 e. The maximum atomic E-state index is 10.3. The summed E-state index contributed by atoms with van der Waals surface area (Å²) in [5.41, 5.74) is 1.10. The first-order valence-electron chi connectivity index (χ1n) is 5.27. The van der Waals surface area contributed by atoms with Crippen LogP contribution >= 0.6 is 22.6 Å². The molecular formula is C11H15IN4O. The Kier molecular flexibility index (Phi) is 5.88. The highest BCUT2D eigenvalue weighted by Gasteiger charge is 2.07. The van der Waals surface area contributed by atoms with Gasteiger partial charge in [-0.2, -0.15) is 0 Å². The van der Waals surface area contributed by atoms with Crippen molar-refractivity contribution in [1.29, 1.82) is 0 Å². The molecular weight excluding hydrogens is 331 g/mol. The average molecular weight is 346 g/mol. The summed E-state index contributed by atoms with van der Waals surface area (Å²) in [6, 6.07) is 3.99. The Bertz CT molecular complexity index is 391. The summed E-state index contributed by atoms with van der Waals surface area (Å²) in [4.78, 5) is 16.5. The molecule has 0 spiro atoms. The summed E-state index contributed by atoms with van der Waals surface area (Å²) in [7, 11) is 1.77. The van der Waals surface area contributed by atoms with Crippen molar-refractivity contribution >= 4 is 22.6 Å². The van der Waals surface area contributed by atoms with Gasteiger partial charge in [-0.15, -0.1) is 4.91 Å². The predicted molar refractivity (Wildman–Crippen MR) is 76.0 cm³/mol. The van der Waals surface area contributed by atoms with Crippen LogP contribution in [0.25, 0.3) is 0 Å². The van der Waals surface area contributed by atoms with Gasteiger partial charge in [-0.1, -0.05) is 6.07 Å². The first-order valence-corrected chi connectivity index (χ1v) is 6.35.